The lowest BCUT2D eigenvalue weighted by Crippen LogP contribution is -2.27. The van der Waals surface area contributed by atoms with E-state index in [-0.39, 0.29) is 22.4 Å². The van der Waals surface area contributed by atoms with Crippen molar-refractivity contribution >= 4 is 5.78 Å². The number of nitriles is 1. The Morgan fingerprint density at radius 2 is 1.89 bits per heavy atom. The summed E-state index contributed by atoms with van der Waals surface area (Å²) in [6.07, 6.45) is 1.33. The van der Waals surface area contributed by atoms with Gasteiger partial charge in [-0.15, -0.1) is 0 Å². The van der Waals surface area contributed by atoms with Crippen molar-refractivity contribution in [2.45, 2.75) is 13.0 Å². The van der Waals surface area contributed by atoms with E-state index >= 15 is 0 Å². The SMILES string of the molecule is C[C@H](c1ccccc1)n1cc(C(=O)c2cc(F)ccc2O)cc(C#N)c1=O. The number of rotatable bonds is 4. The van der Waals surface area contributed by atoms with Crippen molar-refractivity contribution in [2.24, 2.45) is 0 Å². The van der Waals surface area contributed by atoms with Gasteiger partial charge in [-0.05, 0) is 36.8 Å². The van der Waals surface area contributed by atoms with Crippen molar-refractivity contribution < 1.29 is 14.3 Å². The maximum Gasteiger partial charge on any atom is 0.269 e. The van der Waals surface area contributed by atoms with E-state index in [9.17, 15) is 24.3 Å². The Bertz CT molecular complexity index is 1110. The van der Waals surface area contributed by atoms with Gasteiger partial charge in [0.2, 0.25) is 0 Å². The summed E-state index contributed by atoms with van der Waals surface area (Å²) in [4.78, 5) is 25.3. The number of phenolic OH excluding ortho intramolecular Hbond substituents is 1. The highest BCUT2D eigenvalue weighted by Crippen LogP contribution is 2.23. The molecule has 0 saturated heterocycles. The summed E-state index contributed by atoms with van der Waals surface area (Å²) in [6, 6.07) is 14.7. The van der Waals surface area contributed by atoms with Gasteiger partial charge < -0.3 is 9.67 Å². The van der Waals surface area contributed by atoms with Gasteiger partial charge in [-0.3, -0.25) is 9.59 Å². The molecule has 0 saturated carbocycles. The maximum atomic E-state index is 13.5. The summed E-state index contributed by atoms with van der Waals surface area (Å²) in [5.74, 6) is -1.74. The first kappa shape index (κ1) is 18.1. The summed E-state index contributed by atoms with van der Waals surface area (Å²) >= 11 is 0. The maximum absolute atomic E-state index is 13.5. The molecule has 3 rings (SSSR count). The molecule has 0 aliphatic rings. The van der Waals surface area contributed by atoms with Crippen LogP contribution in [0.5, 0.6) is 5.75 Å². The lowest BCUT2D eigenvalue weighted by Gasteiger charge is -2.17. The number of nitrogens with zero attached hydrogens (tertiary/aromatic N) is 2. The van der Waals surface area contributed by atoms with Gasteiger partial charge in [-0.1, -0.05) is 30.3 Å². The second-order valence-electron chi connectivity index (χ2n) is 6.04. The molecule has 0 aliphatic heterocycles. The number of hydrogen-bond donors (Lipinski definition) is 1. The van der Waals surface area contributed by atoms with Crippen molar-refractivity contribution in [2.75, 3.05) is 0 Å². The molecular weight excluding hydrogens is 347 g/mol. The molecule has 0 spiro atoms. The van der Waals surface area contributed by atoms with Gasteiger partial charge in [0, 0.05) is 11.8 Å². The Balaban J connectivity index is 2.15. The first-order valence-corrected chi connectivity index (χ1v) is 8.17. The third kappa shape index (κ3) is 3.48. The van der Waals surface area contributed by atoms with Crippen LogP contribution >= 0.6 is 0 Å². The molecule has 0 aliphatic carbocycles. The van der Waals surface area contributed by atoms with E-state index in [1.54, 1.807) is 13.0 Å². The molecule has 2 aromatic carbocycles. The molecule has 0 bridgehead atoms. The van der Waals surface area contributed by atoms with E-state index in [1.807, 2.05) is 30.3 Å². The predicted octanol–water partition coefficient (Wildman–Crippen LogP) is 3.40. The van der Waals surface area contributed by atoms with Crippen LogP contribution in [-0.2, 0) is 0 Å². The number of hydrogen-bond acceptors (Lipinski definition) is 4. The van der Waals surface area contributed by atoms with Gasteiger partial charge in [0.05, 0.1) is 11.6 Å². The molecule has 1 heterocycles. The number of halogens is 1. The number of carbonyl (C=O) groups is 1. The fourth-order valence-corrected chi connectivity index (χ4v) is 2.83. The summed E-state index contributed by atoms with van der Waals surface area (Å²) < 4.78 is 14.8. The van der Waals surface area contributed by atoms with E-state index in [1.165, 1.54) is 10.8 Å². The third-order valence-corrected chi connectivity index (χ3v) is 4.33. The van der Waals surface area contributed by atoms with Gasteiger partial charge in [0.1, 0.15) is 23.2 Å². The zero-order valence-corrected chi connectivity index (χ0v) is 14.4. The molecule has 1 N–H and O–H groups in total. The van der Waals surface area contributed by atoms with Crippen molar-refractivity contribution in [3.63, 3.8) is 0 Å². The number of benzene rings is 2. The fourth-order valence-electron chi connectivity index (χ4n) is 2.83. The highest BCUT2D eigenvalue weighted by molar-refractivity contribution is 6.10. The van der Waals surface area contributed by atoms with Gasteiger partial charge in [0.15, 0.2) is 5.78 Å². The molecule has 27 heavy (non-hydrogen) atoms. The Labute approximate surface area is 154 Å². The van der Waals surface area contributed by atoms with Crippen molar-refractivity contribution in [1.82, 2.24) is 4.57 Å². The van der Waals surface area contributed by atoms with Crippen LogP contribution in [0.25, 0.3) is 0 Å². The minimum atomic E-state index is -0.683. The van der Waals surface area contributed by atoms with Crippen LogP contribution in [0, 0.1) is 17.1 Å². The summed E-state index contributed by atoms with van der Waals surface area (Å²) in [7, 11) is 0. The summed E-state index contributed by atoms with van der Waals surface area (Å²) in [6.45, 7) is 1.77. The van der Waals surface area contributed by atoms with Crippen LogP contribution in [0.3, 0.4) is 0 Å². The van der Waals surface area contributed by atoms with Crippen LogP contribution in [0.4, 0.5) is 4.39 Å². The van der Waals surface area contributed by atoms with Gasteiger partial charge >= 0.3 is 0 Å². The molecule has 0 radical (unpaired) electrons. The van der Waals surface area contributed by atoms with Crippen molar-refractivity contribution in [3.8, 4) is 11.8 Å². The normalized spacial score (nSPS) is 11.6. The first-order valence-electron chi connectivity index (χ1n) is 8.17. The molecular formula is C21H15FN2O3. The van der Waals surface area contributed by atoms with Crippen LogP contribution in [0.1, 0.15) is 40.0 Å². The average molecular weight is 362 g/mol. The van der Waals surface area contributed by atoms with E-state index < -0.39 is 23.2 Å². The quantitative estimate of drug-likeness (QED) is 0.721. The Morgan fingerprint density at radius 3 is 2.56 bits per heavy atom. The van der Waals surface area contributed by atoms with E-state index in [2.05, 4.69) is 0 Å². The number of ketones is 1. The summed E-state index contributed by atoms with van der Waals surface area (Å²) in [5, 5.41) is 19.2. The molecule has 3 aromatic rings. The zero-order chi connectivity index (χ0) is 19.6. The van der Waals surface area contributed by atoms with Crippen LogP contribution < -0.4 is 5.56 Å². The number of phenols is 1. The molecule has 6 heteroatoms. The highest BCUT2D eigenvalue weighted by Gasteiger charge is 2.20. The second-order valence-corrected chi connectivity index (χ2v) is 6.04. The standard InChI is InChI=1S/C21H15FN2O3/c1-13(14-5-3-2-4-6-14)24-12-16(9-15(11-23)21(24)27)20(26)18-10-17(22)7-8-19(18)25/h2-10,12-13,25H,1H3/t13-/m1/s1. The van der Waals surface area contributed by atoms with E-state index in [4.69, 9.17) is 0 Å². The topological polar surface area (TPSA) is 83.1 Å². The molecule has 0 unspecified atom stereocenters. The third-order valence-electron chi connectivity index (χ3n) is 4.33. The highest BCUT2D eigenvalue weighted by atomic mass is 19.1. The van der Waals surface area contributed by atoms with Gasteiger partial charge in [-0.2, -0.15) is 5.26 Å². The first-order chi connectivity index (χ1) is 12.9. The minimum Gasteiger partial charge on any atom is -0.507 e. The molecule has 0 fully saturated rings. The molecule has 1 atom stereocenters. The average Bonchev–Trinajstić information content (AvgIpc) is 2.69. The van der Waals surface area contributed by atoms with E-state index in [0.29, 0.717) is 0 Å². The lowest BCUT2D eigenvalue weighted by atomic mass is 10.0. The number of carbonyl (C=O) groups excluding carboxylic acids is 1. The van der Waals surface area contributed by atoms with Crippen molar-refractivity contribution in [3.05, 3.63) is 99.2 Å². The summed E-state index contributed by atoms with van der Waals surface area (Å²) in [5.41, 5.74) is -0.152. The predicted molar refractivity (Wildman–Crippen MR) is 97.2 cm³/mol. The van der Waals surface area contributed by atoms with Crippen LogP contribution in [0.15, 0.2) is 65.6 Å². The van der Waals surface area contributed by atoms with Crippen LogP contribution in [-0.4, -0.2) is 15.5 Å². The molecule has 0 amide bonds. The van der Waals surface area contributed by atoms with Gasteiger partial charge in [-0.25, -0.2) is 4.39 Å². The van der Waals surface area contributed by atoms with Gasteiger partial charge in [0.25, 0.3) is 5.56 Å². The molecule has 134 valence electrons. The second kappa shape index (κ2) is 7.26. The Kier molecular flexibility index (Phi) is 4.86. The van der Waals surface area contributed by atoms with Crippen molar-refractivity contribution in [1.29, 1.82) is 5.26 Å². The van der Waals surface area contributed by atoms with Crippen LogP contribution in [0.2, 0.25) is 0 Å². The smallest absolute Gasteiger partial charge is 0.269 e. The molecule has 5 nitrogen and oxygen atoms in total. The number of aromatic nitrogens is 1. The number of pyridine rings is 1. The fraction of sp³-hybridized carbons (Fsp3) is 0.0952. The van der Waals surface area contributed by atoms with E-state index in [0.717, 1.165) is 29.8 Å². The monoisotopic (exact) mass is 362 g/mol. The molecule has 1 aromatic heterocycles. The number of aromatic hydroxyl groups is 1. The lowest BCUT2D eigenvalue weighted by molar-refractivity contribution is 0.103. The Hall–Kier alpha value is -3.72. The largest absolute Gasteiger partial charge is 0.507 e. The minimum absolute atomic E-state index is 0.00910. The Morgan fingerprint density at radius 1 is 1.19 bits per heavy atom. The zero-order valence-electron chi connectivity index (χ0n) is 14.4.